The van der Waals surface area contributed by atoms with Gasteiger partial charge < -0.3 is 15.2 Å². The number of halogens is 3. The number of fused-ring (bicyclic) bond motifs is 1. The number of amides is 1. The Hall–Kier alpha value is -2.25. The summed E-state index contributed by atoms with van der Waals surface area (Å²) in [5, 5.41) is 9.98. The van der Waals surface area contributed by atoms with Crippen molar-refractivity contribution < 1.29 is 41.0 Å². The van der Waals surface area contributed by atoms with Crippen molar-refractivity contribution >= 4 is 21.9 Å². The van der Waals surface area contributed by atoms with Crippen LogP contribution < -0.4 is 5.32 Å². The summed E-state index contributed by atoms with van der Waals surface area (Å²) < 4.78 is 62.1. The van der Waals surface area contributed by atoms with Gasteiger partial charge in [-0.1, -0.05) is 6.07 Å². The molecule has 3 heterocycles. The Morgan fingerprint density at radius 2 is 2.00 bits per heavy atom. The molecule has 1 aromatic heterocycles. The van der Waals surface area contributed by atoms with E-state index in [9.17, 15) is 26.4 Å². The molecule has 0 saturated carbocycles. The van der Waals surface area contributed by atoms with Crippen molar-refractivity contribution in [3.63, 3.8) is 0 Å². The Balaban J connectivity index is 0.000000396. The van der Waals surface area contributed by atoms with Gasteiger partial charge in [0.05, 0.1) is 31.2 Å². The van der Waals surface area contributed by atoms with Crippen LogP contribution in [0.4, 0.5) is 13.2 Å². The predicted molar refractivity (Wildman–Crippen MR) is 97.5 cm³/mol. The van der Waals surface area contributed by atoms with Gasteiger partial charge in [-0.2, -0.15) is 17.5 Å². The number of alkyl halides is 3. The van der Waals surface area contributed by atoms with Crippen LogP contribution in [0.3, 0.4) is 0 Å². The van der Waals surface area contributed by atoms with Crippen molar-refractivity contribution in [1.29, 1.82) is 0 Å². The Morgan fingerprint density at radius 1 is 1.33 bits per heavy atom. The first kappa shape index (κ1) is 24.0. The Morgan fingerprint density at radius 3 is 2.53 bits per heavy atom. The molecule has 2 saturated heterocycles. The van der Waals surface area contributed by atoms with Gasteiger partial charge in [-0.25, -0.2) is 13.2 Å². The van der Waals surface area contributed by atoms with Gasteiger partial charge in [-0.15, -0.1) is 0 Å². The summed E-state index contributed by atoms with van der Waals surface area (Å²) in [4.78, 5) is 25.2. The lowest BCUT2D eigenvalue weighted by Crippen LogP contribution is -2.31. The van der Waals surface area contributed by atoms with Crippen LogP contribution in [0.2, 0.25) is 0 Å². The molecule has 9 nitrogen and oxygen atoms in total. The molecule has 2 fully saturated rings. The van der Waals surface area contributed by atoms with Gasteiger partial charge in [0.25, 0.3) is 0 Å². The van der Waals surface area contributed by atoms with E-state index >= 15 is 0 Å². The van der Waals surface area contributed by atoms with E-state index in [0.29, 0.717) is 32.7 Å². The maximum absolute atomic E-state index is 12.1. The first-order valence-corrected chi connectivity index (χ1v) is 10.8. The van der Waals surface area contributed by atoms with Crippen LogP contribution in [0.1, 0.15) is 12.1 Å². The second kappa shape index (κ2) is 9.71. The topological polar surface area (TPSA) is 126 Å². The Kier molecular flexibility index (Phi) is 7.77. The standard InChI is InChI=1S/C15H21N3O4S.C2HF3O2/c1-23(20,21)18-8-13-11(10-22-14(13)9-18)6-15(19)17-7-12-4-2-3-5-16-12;3-2(4,5)1(6)7/h2-5,11,13-14H,6-10H2,1H3,(H,17,19);(H,6,7)/t11-,13-,14-;/m1./s1. The summed E-state index contributed by atoms with van der Waals surface area (Å²) in [6.45, 7) is 1.76. The Labute approximate surface area is 171 Å². The number of nitrogens with one attached hydrogen (secondary N) is 1. The average molecular weight is 453 g/mol. The molecule has 0 aliphatic carbocycles. The molecule has 30 heavy (non-hydrogen) atoms. The zero-order chi connectivity index (χ0) is 22.5. The van der Waals surface area contributed by atoms with Crippen LogP contribution in [-0.2, 0) is 30.9 Å². The first-order chi connectivity index (χ1) is 13.9. The molecule has 0 unspecified atom stereocenters. The fraction of sp³-hybridized carbons (Fsp3) is 0.588. The SMILES string of the molecule is CS(=O)(=O)N1C[C@@H]2[C@H](CC(=O)NCc3ccccn3)CO[C@@H]2C1.O=C(O)C(F)(F)F. The molecule has 2 N–H and O–H groups in total. The van der Waals surface area contributed by atoms with Crippen molar-refractivity contribution in [1.82, 2.24) is 14.6 Å². The van der Waals surface area contributed by atoms with E-state index in [-0.39, 0.29) is 23.8 Å². The van der Waals surface area contributed by atoms with Gasteiger partial charge in [0, 0.05) is 31.6 Å². The maximum Gasteiger partial charge on any atom is 0.490 e. The van der Waals surface area contributed by atoms with E-state index in [0.717, 1.165) is 5.69 Å². The minimum atomic E-state index is -5.08. The molecule has 0 bridgehead atoms. The molecule has 0 radical (unpaired) electrons. The molecule has 2 aliphatic heterocycles. The van der Waals surface area contributed by atoms with Crippen molar-refractivity contribution in [3.05, 3.63) is 30.1 Å². The molecule has 1 aromatic rings. The molecule has 3 rings (SSSR count). The van der Waals surface area contributed by atoms with Gasteiger partial charge in [0.2, 0.25) is 15.9 Å². The minimum absolute atomic E-state index is 0.0530. The fourth-order valence-electron chi connectivity index (χ4n) is 3.25. The maximum atomic E-state index is 12.1. The summed E-state index contributed by atoms with van der Waals surface area (Å²) >= 11 is 0. The molecule has 2 aliphatic rings. The highest BCUT2D eigenvalue weighted by molar-refractivity contribution is 7.88. The number of hydrogen-bond donors (Lipinski definition) is 2. The van der Waals surface area contributed by atoms with Gasteiger partial charge >= 0.3 is 12.1 Å². The normalized spacial score (nSPS) is 23.9. The van der Waals surface area contributed by atoms with Gasteiger partial charge in [-0.3, -0.25) is 9.78 Å². The smallest absolute Gasteiger partial charge is 0.475 e. The van der Waals surface area contributed by atoms with Crippen molar-refractivity contribution in [2.45, 2.75) is 25.2 Å². The molecule has 168 valence electrons. The summed E-state index contributed by atoms with van der Waals surface area (Å²) in [5.41, 5.74) is 0.811. The van der Waals surface area contributed by atoms with E-state index < -0.39 is 22.2 Å². The fourth-order valence-corrected chi connectivity index (χ4v) is 4.11. The predicted octanol–water partition coefficient (Wildman–Crippen LogP) is 0.628. The van der Waals surface area contributed by atoms with Crippen LogP contribution in [0.5, 0.6) is 0 Å². The van der Waals surface area contributed by atoms with E-state index in [2.05, 4.69) is 10.3 Å². The highest BCUT2D eigenvalue weighted by atomic mass is 32.2. The van der Waals surface area contributed by atoms with Crippen LogP contribution in [0.25, 0.3) is 0 Å². The van der Waals surface area contributed by atoms with E-state index in [4.69, 9.17) is 14.6 Å². The van der Waals surface area contributed by atoms with Gasteiger partial charge in [-0.05, 0) is 18.1 Å². The molecule has 13 heteroatoms. The molecule has 3 atom stereocenters. The number of nitrogens with zero attached hydrogens (tertiary/aromatic N) is 2. The van der Waals surface area contributed by atoms with Crippen molar-refractivity contribution in [2.75, 3.05) is 26.0 Å². The quantitative estimate of drug-likeness (QED) is 0.670. The summed E-state index contributed by atoms with van der Waals surface area (Å²) in [7, 11) is -3.20. The molecule has 1 amide bonds. The zero-order valence-electron chi connectivity index (χ0n) is 16.0. The molecule has 0 spiro atoms. The average Bonchev–Trinajstić information content (AvgIpc) is 3.23. The lowest BCUT2D eigenvalue weighted by molar-refractivity contribution is -0.192. The van der Waals surface area contributed by atoms with Crippen LogP contribution in [-0.4, -0.2) is 72.9 Å². The number of carboxylic acid groups (broad SMARTS) is 1. The van der Waals surface area contributed by atoms with E-state index in [1.165, 1.54) is 10.6 Å². The van der Waals surface area contributed by atoms with Gasteiger partial charge in [0.15, 0.2) is 0 Å². The van der Waals surface area contributed by atoms with Crippen LogP contribution >= 0.6 is 0 Å². The highest BCUT2D eigenvalue weighted by Gasteiger charge is 2.46. The third-order valence-electron chi connectivity index (χ3n) is 4.76. The number of rotatable bonds is 5. The number of ether oxygens (including phenoxy) is 1. The largest absolute Gasteiger partial charge is 0.490 e. The highest BCUT2D eigenvalue weighted by Crippen LogP contribution is 2.36. The number of aromatic nitrogens is 1. The summed E-state index contributed by atoms with van der Waals surface area (Å²) in [6, 6.07) is 5.56. The number of carbonyl (C=O) groups excluding carboxylic acids is 1. The van der Waals surface area contributed by atoms with Crippen molar-refractivity contribution in [3.8, 4) is 0 Å². The van der Waals surface area contributed by atoms with Crippen molar-refractivity contribution in [2.24, 2.45) is 11.8 Å². The monoisotopic (exact) mass is 453 g/mol. The third-order valence-corrected chi connectivity index (χ3v) is 5.99. The van der Waals surface area contributed by atoms with E-state index in [1.807, 2.05) is 18.2 Å². The first-order valence-electron chi connectivity index (χ1n) is 8.91. The lowest BCUT2D eigenvalue weighted by atomic mass is 9.90. The summed E-state index contributed by atoms with van der Waals surface area (Å²) in [5.74, 6) is -2.64. The molecule has 0 aromatic carbocycles. The van der Waals surface area contributed by atoms with Crippen LogP contribution in [0, 0.1) is 11.8 Å². The lowest BCUT2D eigenvalue weighted by Gasteiger charge is -2.17. The van der Waals surface area contributed by atoms with Gasteiger partial charge in [0.1, 0.15) is 0 Å². The second-order valence-electron chi connectivity index (χ2n) is 6.98. The van der Waals surface area contributed by atoms with E-state index in [1.54, 1.807) is 6.20 Å². The second-order valence-corrected chi connectivity index (χ2v) is 8.96. The summed E-state index contributed by atoms with van der Waals surface area (Å²) in [6.07, 6.45) is -1.91. The zero-order valence-corrected chi connectivity index (χ0v) is 16.8. The molecular weight excluding hydrogens is 431 g/mol. The third kappa shape index (κ3) is 6.92. The molecular formula is C17H22F3N3O6S. The Bertz CT molecular complexity index is 850. The number of carbonyl (C=O) groups is 2. The van der Waals surface area contributed by atoms with Crippen LogP contribution in [0.15, 0.2) is 24.4 Å². The number of aliphatic carboxylic acids is 1. The number of sulfonamides is 1. The number of pyridine rings is 1. The minimum Gasteiger partial charge on any atom is -0.475 e. The number of hydrogen-bond acceptors (Lipinski definition) is 6. The number of carboxylic acids is 1.